The molecule has 9 heteroatoms. The molecule has 1 aromatic rings. The number of aromatic nitrogens is 2. The number of ether oxygens (including phenoxy) is 1. The molecular weight excluding hydrogens is 284 g/mol. The second-order valence-electron chi connectivity index (χ2n) is 4.69. The van der Waals surface area contributed by atoms with Gasteiger partial charge >= 0.3 is 0 Å². The topological polar surface area (TPSA) is 93.5 Å². The maximum Gasteiger partial charge on any atom is 0.259 e. The fourth-order valence-corrected chi connectivity index (χ4v) is 2.98. The molecule has 0 aromatic carbocycles. The molecule has 1 saturated heterocycles. The molecule has 8 nitrogen and oxygen atoms in total. The number of imidazole rings is 1. The van der Waals surface area contributed by atoms with Gasteiger partial charge in [-0.2, -0.15) is 0 Å². The van der Waals surface area contributed by atoms with Gasteiger partial charge in [-0.3, -0.25) is 4.79 Å². The molecule has 1 aliphatic rings. The molecule has 0 spiro atoms. The van der Waals surface area contributed by atoms with E-state index in [4.69, 9.17) is 4.74 Å². The molecule has 0 saturated carbocycles. The van der Waals surface area contributed by atoms with E-state index in [1.54, 1.807) is 16.5 Å². The van der Waals surface area contributed by atoms with Crippen molar-refractivity contribution in [3.05, 3.63) is 12.5 Å². The molecule has 1 fully saturated rings. The maximum atomic E-state index is 12.0. The lowest BCUT2D eigenvalue weighted by molar-refractivity contribution is -0.136. The van der Waals surface area contributed by atoms with Crippen molar-refractivity contribution in [1.29, 1.82) is 0 Å². The van der Waals surface area contributed by atoms with Crippen LogP contribution in [0.4, 0.5) is 0 Å². The Morgan fingerprint density at radius 3 is 2.95 bits per heavy atom. The minimum absolute atomic E-state index is 0.0285. The van der Waals surface area contributed by atoms with Crippen LogP contribution < -0.4 is 4.72 Å². The maximum absolute atomic E-state index is 12.0. The Hall–Kier alpha value is -1.45. The quantitative estimate of drug-likeness (QED) is 0.765. The molecule has 1 aliphatic heterocycles. The predicted octanol–water partition coefficient (Wildman–Crippen LogP) is -1.05. The highest BCUT2D eigenvalue weighted by molar-refractivity contribution is 7.89. The first-order chi connectivity index (χ1) is 9.38. The lowest BCUT2D eigenvalue weighted by Gasteiger charge is -2.32. The first-order valence-electron chi connectivity index (χ1n) is 6.23. The Morgan fingerprint density at radius 1 is 1.60 bits per heavy atom. The summed E-state index contributed by atoms with van der Waals surface area (Å²) in [6.45, 7) is 2.94. The lowest BCUT2D eigenvalue weighted by atomic mass is 10.3. The van der Waals surface area contributed by atoms with Gasteiger partial charge in [-0.1, -0.05) is 0 Å². The smallest absolute Gasteiger partial charge is 0.259 e. The molecule has 1 N–H and O–H groups in total. The number of hydrogen-bond acceptors (Lipinski definition) is 5. The van der Waals surface area contributed by atoms with Crippen molar-refractivity contribution < 1.29 is 17.9 Å². The zero-order valence-corrected chi connectivity index (χ0v) is 12.3. The molecule has 0 radical (unpaired) electrons. The molecule has 20 heavy (non-hydrogen) atoms. The number of carbonyl (C=O) groups is 1. The summed E-state index contributed by atoms with van der Waals surface area (Å²) in [5.74, 6) is -0.0362. The van der Waals surface area contributed by atoms with E-state index in [9.17, 15) is 13.2 Å². The Bertz CT molecular complexity index is 583. The molecule has 1 unspecified atom stereocenters. The van der Waals surface area contributed by atoms with Crippen LogP contribution in [0.3, 0.4) is 0 Å². The van der Waals surface area contributed by atoms with Crippen LogP contribution in [0.1, 0.15) is 6.92 Å². The van der Waals surface area contributed by atoms with Crippen LogP contribution in [-0.2, 0) is 26.6 Å². The number of amides is 1. The average Bonchev–Trinajstić information content (AvgIpc) is 2.84. The van der Waals surface area contributed by atoms with Crippen LogP contribution in [0, 0.1) is 0 Å². The van der Waals surface area contributed by atoms with Crippen molar-refractivity contribution in [3.63, 3.8) is 0 Å². The summed E-state index contributed by atoms with van der Waals surface area (Å²) in [4.78, 5) is 16.7. The van der Waals surface area contributed by atoms with Gasteiger partial charge in [0.05, 0.1) is 19.0 Å². The number of carbonyl (C=O) groups excluding carboxylic acids is 1. The van der Waals surface area contributed by atoms with Gasteiger partial charge in [0.15, 0.2) is 5.03 Å². The van der Waals surface area contributed by atoms with E-state index in [-0.39, 0.29) is 23.6 Å². The van der Waals surface area contributed by atoms with E-state index in [1.165, 1.54) is 19.4 Å². The van der Waals surface area contributed by atoms with Gasteiger partial charge in [-0.05, 0) is 0 Å². The van der Waals surface area contributed by atoms with Gasteiger partial charge in [0.25, 0.3) is 10.0 Å². The van der Waals surface area contributed by atoms with E-state index in [2.05, 4.69) is 9.71 Å². The Labute approximate surface area is 117 Å². The van der Waals surface area contributed by atoms with Crippen LogP contribution >= 0.6 is 0 Å². The van der Waals surface area contributed by atoms with Gasteiger partial charge < -0.3 is 14.2 Å². The van der Waals surface area contributed by atoms with E-state index in [0.717, 1.165) is 0 Å². The molecule has 2 rings (SSSR count). The number of nitrogens with one attached hydrogen (secondary N) is 1. The number of rotatable bonds is 4. The summed E-state index contributed by atoms with van der Waals surface area (Å²) in [5.41, 5.74) is 0. The van der Waals surface area contributed by atoms with Crippen molar-refractivity contribution in [2.24, 2.45) is 7.05 Å². The summed E-state index contributed by atoms with van der Waals surface area (Å²) >= 11 is 0. The summed E-state index contributed by atoms with van der Waals surface area (Å²) in [7, 11) is -1.95. The largest absolute Gasteiger partial charge is 0.373 e. The number of aryl methyl sites for hydroxylation is 1. The van der Waals surface area contributed by atoms with Crippen LogP contribution in [0.2, 0.25) is 0 Å². The average molecular weight is 302 g/mol. The van der Waals surface area contributed by atoms with Crippen molar-refractivity contribution >= 4 is 15.9 Å². The zero-order chi connectivity index (χ0) is 14.8. The number of nitrogens with zero attached hydrogens (tertiary/aromatic N) is 3. The minimum Gasteiger partial charge on any atom is -0.373 e. The Balaban J connectivity index is 1.93. The standard InChI is InChI=1S/C11H18N4O4S/c1-9(16)15-3-4-19-10(6-15)5-13-20(17,18)11-7-14(2)8-12-11/h7-8,10,13H,3-6H2,1-2H3. The predicted molar refractivity (Wildman–Crippen MR) is 70.4 cm³/mol. The van der Waals surface area contributed by atoms with Gasteiger partial charge in [0.2, 0.25) is 5.91 Å². The number of morpholine rings is 1. The van der Waals surface area contributed by atoms with Gasteiger partial charge in [0, 0.05) is 39.8 Å². The summed E-state index contributed by atoms with van der Waals surface area (Å²) in [6.07, 6.45) is 2.50. The van der Waals surface area contributed by atoms with Crippen LogP contribution in [0.25, 0.3) is 0 Å². The fourth-order valence-electron chi connectivity index (χ4n) is 1.93. The molecule has 0 aliphatic carbocycles. The zero-order valence-electron chi connectivity index (χ0n) is 11.4. The molecule has 2 heterocycles. The van der Waals surface area contributed by atoms with E-state index >= 15 is 0 Å². The second-order valence-corrected chi connectivity index (χ2v) is 6.40. The summed E-state index contributed by atoms with van der Waals surface area (Å²) in [6, 6.07) is 0. The highest BCUT2D eigenvalue weighted by Gasteiger charge is 2.25. The highest BCUT2D eigenvalue weighted by Crippen LogP contribution is 2.07. The Kier molecular flexibility index (Phi) is 4.41. The first kappa shape index (κ1) is 14.9. The lowest BCUT2D eigenvalue weighted by Crippen LogP contribution is -2.49. The SMILES string of the molecule is CC(=O)N1CCOC(CNS(=O)(=O)c2cn(C)cn2)C1. The van der Waals surface area contributed by atoms with Crippen LogP contribution in [0.5, 0.6) is 0 Å². The normalized spacial score (nSPS) is 20.1. The van der Waals surface area contributed by atoms with Gasteiger partial charge in [0.1, 0.15) is 0 Å². The third-order valence-corrected chi connectivity index (χ3v) is 4.35. The second kappa shape index (κ2) is 5.90. The van der Waals surface area contributed by atoms with Crippen molar-refractivity contribution in [1.82, 2.24) is 19.2 Å². The van der Waals surface area contributed by atoms with Crippen molar-refractivity contribution in [2.45, 2.75) is 18.1 Å². The molecule has 1 aromatic heterocycles. The minimum atomic E-state index is -3.64. The van der Waals surface area contributed by atoms with Crippen molar-refractivity contribution in [2.75, 3.05) is 26.2 Å². The van der Waals surface area contributed by atoms with Gasteiger partial charge in [-0.15, -0.1) is 0 Å². The molecule has 1 amide bonds. The molecule has 0 bridgehead atoms. The molecule has 112 valence electrons. The number of hydrogen-bond donors (Lipinski definition) is 1. The van der Waals surface area contributed by atoms with Gasteiger partial charge in [-0.25, -0.2) is 18.1 Å². The van der Waals surface area contributed by atoms with E-state index in [1.807, 2.05) is 0 Å². The summed E-state index contributed by atoms with van der Waals surface area (Å²) < 4.78 is 33.4. The number of sulfonamides is 1. The fraction of sp³-hybridized carbons (Fsp3) is 0.636. The van der Waals surface area contributed by atoms with Crippen LogP contribution in [0.15, 0.2) is 17.6 Å². The molecular formula is C11H18N4O4S. The highest BCUT2D eigenvalue weighted by atomic mass is 32.2. The third-order valence-electron chi connectivity index (χ3n) is 3.04. The molecule has 1 atom stereocenters. The van der Waals surface area contributed by atoms with E-state index < -0.39 is 10.0 Å². The third kappa shape index (κ3) is 3.56. The monoisotopic (exact) mass is 302 g/mol. The van der Waals surface area contributed by atoms with Crippen LogP contribution in [-0.4, -0.2) is 61.1 Å². The Morgan fingerprint density at radius 2 is 2.35 bits per heavy atom. The summed E-state index contributed by atoms with van der Waals surface area (Å²) in [5, 5.41) is -0.0285. The first-order valence-corrected chi connectivity index (χ1v) is 7.71. The van der Waals surface area contributed by atoms with E-state index in [0.29, 0.717) is 19.7 Å². The van der Waals surface area contributed by atoms with Crippen molar-refractivity contribution in [3.8, 4) is 0 Å².